The molecule has 0 amide bonds. The maximum Gasteiger partial charge on any atom is 0.306 e. The fourth-order valence-electron chi connectivity index (χ4n) is 4.40. The van der Waals surface area contributed by atoms with E-state index in [9.17, 15) is 18.8 Å². The van der Waals surface area contributed by atoms with Crippen LogP contribution in [0.4, 0.5) is 4.39 Å². The summed E-state index contributed by atoms with van der Waals surface area (Å²) in [4.78, 5) is 48.5. The lowest BCUT2D eigenvalue weighted by Gasteiger charge is -2.30. The van der Waals surface area contributed by atoms with Gasteiger partial charge in [0.15, 0.2) is 11.6 Å². The van der Waals surface area contributed by atoms with Gasteiger partial charge < -0.3 is 9.57 Å². The molecule has 0 saturated carbocycles. The van der Waals surface area contributed by atoms with Crippen molar-refractivity contribution in [1.29, 1.82) is 0 Å². The molecule has 2 heterocycles. The second-order valence-electron chi connectivity index (χ2n) is 9.29. The number of Topliss-reactive ketones (excluding diaryl/α,β-unsaturated/α-hetero) is 2. The maximum absolute atomic E-state index is 13.6. The van der Waals surface area contributed by atoms with Crippen molar-refractivity contribution in [1.82, 2.24) is 4.98 Å². The monoisotopic (exact) mass is 484 g/mol. The number of oxime groups is 1. The Hall–Kier alpha value is -3.16. The molecule has 0 fully saturated rings. The molecule has 35 heavy (non-hydrogen) atoms. The summed E-state index contributed by atoms with van der Waals surface area (Å²) < 4.78 is 18.7. The first-order valence-corrected chi connectivity index (χ1v) is 12.2. The number of nitrogens with zero attached hydrogens (tertiary/aromatic N) is 2. The van der Waals surface area contributed by atoms with Crippen molar-refractivity contribution in [3.05, 3.63) is 42.2 Å². The molecule has 0 unspecified atom stereocenters. The summed E-state index contributed by atoms with van der Waals surface area (Å²) in [6, 6.07) is 9.62. The van der Waals surface area contributed by atoms with Crippen molar-refractivity contribution in [2.75, 3.05) is 6.67 Å². The molecule has 0 N–H and O–H groups in total. The highest BCUT2D eigenvalue weighted by atomic mass is 19.1. The molecule has 1 aliphatic rings. The highest BCUT2D eigenvalue weighted by Gasteiger charge is 2.50. The highest BCUT2D eigenvalue weighted by molar-refractivity contribution is 6.12. The summed E-state index contributed by atoms with van der Waals surface area (Å²) in [6.07, 6.45) is 2.16. The molecule has 0 spiro atoms. The third-order valence-corrected chi connectivity index (χ3v) is 6.74. The summed E-state index contributed by atoms with van der Waals surface area (Å²) in [5.41, 5.74) is -0.170. The zero-order chi connectivity index (χ0) is 25.6. The fraction of sp³-hybridized carbons (Fsp3) is 0.519. The predicted octanol–water partition coefficient (Wildman–Crippen LogP) is 4.99. The van der Waals surface area contributed by atoms with Crippen LogP contribution in [0.1, 0.15) is 65.5 Å². The number of ketones is 2. The van der Waals surface area contributed by atoms with E-state index in [1.807, 2.05) is 58.0 Å². The number of carbonyl (C=O) groups is 3. The van der Waals surface area contributed by atoms with Gasteiger partial charge in [-0.25, -0.2) is 4.39 Å². The Balaban J connectivity index is 1.80. The van der Waals surface area contributed by atoms with Crippen molar-refractivity contribution in [3.63, 3.8) is 0 Å². The highest BCUT2D eigenvalue weighted by Crippen LogP contribution is 2.37. The van der Waals surface area contributed by atoms with Gasteiger partial charge in [-0.1, -0.05) is 57.1 Å². The fourth-order valence-corrected chi connectivity index (χ4v) is 4.40. The molecule has 0 saturated heterocycles. The minimum absolute atomic E-state index is 0.166. The number of esters is 1. The van der Waals surface area contributed by atoms with E-state index >= 15 is 0 Å². The first kappa shape index (κ1) is 26.4. The molecule has 2 atom stereocenters. The molecular formula is C27H33FN2O5. The quantitative estimate of drug-likeness (QED) is 0.394. The van der Waals surface area contributed by atoms with Crippen LogP contribution in [0.25, 0.3) is 10.8 Å². The number of halogens is 1. The summed E-state index contributed by atoms with van der Waals surface area (Å²) >= 11 is 0. The number of alkyl halides is 1. The molecule has 0 bridgehead atoms. The van der Waals surface area contributed by atoms with E-state index < -0.39 is 35.7 Å². The van der Waals surface area contributed by atoms with Crippen LogP contribution < -0.4 is 0 Å². The Kier molecular flexibility index (Phi) is 8.70. The zero-order valence-electron chi connectivity index (χ0n) is 20.8. The molecule has 0 aliphatic carbocycles. The van der Waals surface area contributed by atoms with E-state index in [4.69, 9.17) is 9.57 Å². The number of carbonyl (C=O) groups excluding carboxylic acids is 3. The Labute approximate surface area is 205 Å². The molecule has 3 rings (SSSR count). The first-order valence-electron chi connectivity index (χ1n) is 12.2. The van der Waals surface area contributed by atoms with Crippen molar-refractivity contribution < 1.29 is 28.3 Å². The van der Waals surface area contributed by atoms with Crippen LogP contribution >= 0.6 is 0 Å². The predicted molar refractivity (Wildman–Crippen MR) is 131 cm³/mol. The molecule has 2 aromatic rings. The van der Waals surface area contributed by atoms with Gasteiger partial charge in [-0.3, -0.25) is 19.4 Å². The van der Waals surface area contributed by atoms with Gasteiger partial charge in [0.2, 0.25) is 5.60 Å². The largest absolute Gasteiger partial charge is 0.462 e. The van der Waals surface area contributed by atoms with E-state index in [1.54, 1.807) is 6.20 Å². The number of ether oxygens (including phenoxy) is 1. The smallest absolute Gasteiger partial charge is 0.306 e. The van der Waals surface area contributed by atoms with Crippen LogP contribution in [0.15, 0.2) is 41.7 Å². The van der Waals surface area contributed by atoms with Crippen molar-refractivity contribution in [2.24, 2.45) is 17.0 Å². The molecule has 8 heteroatoms. The van der Waals surface area contributed by atoms with Gasteiger partial charge in [-0.15, -0.1) is 0 Å². The second-order valence-corrected chi connectivity index (χ2v) is 9.29. The lowest BCUT2D eigenvalue weighted by atomic mass is 9.77. The molecule has 1 aliphatic heterocycles. The Morgan fingerprint density at radius 1 is 1.11 bits per heavy atom. The standard InChI is InChI=1S/C27H33FN2O5/c1-5-20(6-2)34-25(33)14-19(23(31)16-28)13-24(32)27(17(3)4)15-22(30-35-27)26-21-10-8-7-9-18(21)11-12-29-26/h7-12,17,19-20H,5-6,13-16H2,1-4H3/t19-,27+/m0/s1. The van der Waals surface area contributed by atoms with Crippen LogP contribution in [0.3, 0.4) is 0 Å². The average Bonchev–Trinajstić information content (AvgIpc) is 3.33. The minimum Gasteiger partial charge on any atom is -0.462 e. The Morgan fingerprint density at radius 2 is 1.83 bits per heavy atom. The van der Waals surface area contributed by atoms with Crippen molar-refractivity contribution in [2.45, 2.75) is 71.5 Å². The first-order chi connectivity index (χ1) is 16.7. The summed E-state index contributed by atoms with van der Waals surface area (Å²) in [6.45, 7) is 6.19. The summed E-state index contributed by atoms with van der Waals surface area (Å²) in [7, 11) is 0. The SMILES string of the molecule is CCC(CC)OC(=O)C[C@H](CC(=O)[C@]1(C(C)C)CC(c2nccc3ccccc23)=NO1)C(=O)CF. The van der Waals surface area contributed by atoms with Gasteiger partial charge in [-0.05, 0) is 24.3 Å². The Morgan fingerprint density at radius 3 is 2.49 bits per heavy atom. The number of fused-ring (bicyclic) bond motifs is 1. The van der Waals surface area contributed by atoms with E-state index in [0.29, 0.717) is 24.2 Å². The van der Waals surface area contributed by atoms with Crippen LogP contribution in [0, 0.1) is 11.8 Å². The number of hydrogen-bond acceptors (Lipinski definition) is 7. The van der Waals surface area contributed by atoms with Crippen LogP contribution in [-0.4, -0.2) is 46.6 Å². The normalized spacial score (nSPS) is 18.4. The number of aromatic nitrogens is 1. The number of pyridine rings is 1. The second kappa shape index (κ2) is 11.5. The molecule has 7 nitrogen and oxygen atoms in total. The van der Waals surface area contributed by atoms with E-state index in [2.05, 4.69) is 10.1 Å². The van der Waals surface area contributed by atoms with Crippen molar-refractivity contribution in [3.8, 4) is 0 Å². The van der Waals surface area contributed by atoms with Gasteiger partial charge in [0, 0.05) is 36.3 Å². The summed E-state index contributed by atoms with van der Waals surface area (Å²) in [5.74, 6) is -3.21. The van der Waals surface area contributed by atoms with E-state index in [-0.39, 0.29) is 31.3 Å². The number of rotatable bonds is 12. The molecule has 1 aromatic carbocycles. The lowest BCUT2D eigenvalue weighted by molar-refractivity contribution is -0.154. The molecule has 188 valence electrons. The molecule has 1 aromatic heterocycles. The summed E-state index contributed by atoms with van der Waals surface area (Å²) in [5, 5.41) is 6.10. The van der Waals surface area contributed by atoms with Crippen LogP contribution in [0.2, 0.25) is 0 Å². The van der Waals surface area contributed by atoms with Gasteiger partial charge in [0.1, 0.15) is 18.5 Å². The van der Waals surface area contributed by atoms with Crippen LogP contribution in [0.5, 0.6) is 0 Å². The number of benzene rings is 1. The lowest BCUT2D eigenvalue weighted by Crippen LogP contribution is -2.45. The zero-order valence-corrected chi connectivity index (χ0v) is 20.8. The topological polar surface area (TPSA) is 94.9 Å². The van der Waals surface area contributed by atoms with E-state index in [1.165, 1.54) is 0 Å². The number of hydrogen-bond donors (Lipinski definition) is 0. The van der Waals surface area contributed by atoms with Crippen LogP contribution in [-0.2, 0) is 24.0 Å². The minimum atomic E-state index is -1.33. The van der Waals surface area contributed by atoms with Crippen molar-refractivity contribution >= 4 is 34.0 Å². The molecular weight excluding hydrogens is 451 g/mol. The van der Waals surface area contributed by atoms with Gasteiger partial charge in [-0.2, -0.15) is 0 Å². The maximum atomic E-state index is 13.6. The Bertz CT molecular complexity index is 1110. The van der Waals surface area contributed by atoms with Gasteiger partial charge in [0.05, 0.1) is 12.1 Å². The van der Waals surface area contributed by atoms with Gasteiger partial charge in [0.25, 0.3) is 0 Å². The average molecular weight is 485 g/mol. The van der Waals surface area contributed by atoms with Gasteiger partial charge >= 0.3 is 5.97 Å². The molecule has 0 radical (unpaired) electrons. The third-order valence-electron chi connectivity index (χ3n) is 6.74. The van der Waals surface area contributed by atoms with E-state index in [0.717, 1.165) is 10.8 Å². The third kappa shape index (κ3) is 5.74.